The molecular formula is C26H23N3O3. The third-order valence-corrected chi connectivity index (χ3v) is 6.08. The van der Waals surface area contributed by atoms with Crippen molar-refractivity contribution in [1.82, 2.24) is 9.80 Å². The van der Waals surface area contributed by atoms with Crippen molar-refractivity contribution in [2.24, 2.45) is 0 Å². The maximum atomic E-state index is 12.9. The van der Waals surface area contributed by atoms with Crippen LogP contribution in [0.3, 0.4) is 0 Å². The van der Waals surface area contributed by atoms with Crippen molar-refractivity contribution >= 4 is 23.4 Å². The number of fused-ring (bicyclic) bond motifs is 2. The molecule has 2 aliphatic heterocycles. The number of imide groups is 1. The Morgan fingerprint density at radius 1 is 0.906 bits per heavy atom. The largest absolute Gasteiger partial charge is 0.322 e. The van der Waals surface area contributed by atoms with E-state index in [1.165, 1.54) is 16.0 Å². The number of carbonyl (C=O) groups is 3. The van der Waals surface area contributed by atoms with Gasteiger partial charge in [-0.2, -0.15) is 0 Å². The molecule has 3 amide bonds. The summed E-state index contributed by atoms with van der Waals surface area (Å²) >= 11 is 0. The second-order valence-corrected chi connectivity index (χ2v) is 8.37. The summed E-state index contributed by atoms with van der Waals surface area (Å²) in [5.41, 5.74) is 5.36. The van der Waals surface area contributed by atoms with Gasteiger partial charge in [0.05, 0.1) is 17.7 Å². The van der Waals surface area contributed by atoms with Gasteiger partial charge in [0.15, 0.2) is 0 Å². The SMILES string of the molecule is CN1CCc2ccc(NC(=O)c3cccc(CN4C(=O)c5ccccc5C4=O)c3)cc2C1. The predicted molar refractivity (Wildman–Crippen MR) is 122 cm³/mol. The minimum Gasteiger partial charge on any atom is -0.322 e. The second kappa shape index (κ2) is 8.05. The van der Waals surface area contributed by atoms with Crippen LogP contribution < -0.4 is 5.32 Å². The van der Waals surface area contributed by atoms with Crippen LogP contribution in [0, 0.1) is 0 Å². The van der Waals surface area contributed by atoms with Crippen LogP contribution in [0.2, 0.25) is 0 Å². The molecule has 160 valence electrons. The Morgan fingerprint density at radius 3 is 2.41 bits per heavy atom. The van der Waals surface area contributed by atoms with Gasteiger partial charge >= 0.3 is 0 Å². The molecule has 3 aromatic rings. The average molecular weight is 425 g/mol. The van der Waals surface area contributed by atoms with Gasteiger partial charge in [0, 0.05) is 24.3 Å². The fourth-order valence-electron chi connectivity index (χ4n) is 4.36. The Hall–Kier alpha value is -3.77. The first-order valence-electron chi connectivity index (χ1n) is 10.7. The summed E-state index contributed by atoms with van der Waals surface area (Å²) in [6, 6.07) is 19.9. The van der Waals surface area contributed by atoms with Crippen molar-refractivity contribution in [3.63, 3.8) is 0 Å². The minimum atomic E-state index is -0.306. The highest BCUT2D eigenvalue weighted by molar-refractivity contribution is 6.21. The van der Waals surface area contributed by atoms with Gasteiger partial charge in [-0.05, 0) is 66.6 Å². The number of carbonyl (C=O) groups excluding carboxylic acids is 3. The zero-order valence-electron chi connectivity index (χ0n) is 17.8. The average Bonchev–Trinajstić information content (AvgIpc) is 3.04. The molecule has 2 heterocycles. The molecule has 6 heteroatoms. The van der Waals surface area contributed by atoms with Crippen LogP contribution in [0.15, 0.2) is 66.7 Å². The third-order valence-electron chi connectivity index (χ3n) is 6.08. The third kappa shape index (κ3) is 3.69. The molecule has 1 N–H and O–H groups in total. The second-order valence-electron chi connectivity index (χ2n) is 8.37. The molecule has 0 spiro atoms. The number of nitrogens with one attached hydrogen (secondary N) is 1. The molecule has 5 rings (SSSR count). The summed E-state index contributed by atoms with van der Waals surface area (Å²) in [6.45, 7) is 2.03. The fourth-order valence-corrected chi connectivity index (χ4v) is 4.36. The van der Waals surface area contributed by atoms with E-state index >= 15 is 0 Å². The summed E-state index contributed by atoms with van der Waals surface area (Å²) in [6.07, 6.45) is 1.01. The summed E-state index contributed by atoms with van der Waals surface area (Å²) < 4.78 is 0. The van der Waals surface area contributed by atoms with E-state index in [-0.39, 0.29) is 24.3 Å². The van der Waals surface area contributed by atoms with Gasteiger partial charge in [0.2, 0.25) is 0 Å². The number of hydrogen-bond donors (Lipinski definition) is 1. The summed E-state index contributed by atoms with van der Waals surface area (Å²) in [5.74, 6) is -0.836. The van der Waals surface area contributed by atoms with E-state index < -0.39 is 0 Å². The summed E-state index contributed by atoms with van der Waals surface area (Å²) in [5, 5.41) is 2.97. The van der Waals surface area contributed by atoms with Crippen LogP contribution in [0.5, 0.6) is 0 Å². The maximum Gasteiger partial charge on any atom is 0.261 e. The van der Waals surface area contributed by atoms with E-state index in [4.69, 9.17) is 0 Å². The lowest BCUT2D eigenvalue weighted by atomic mass is 9.99. The maximum absolute atomic E-state index is 12.9. The lowest BCUT2D eigenvalue weighted by Crippen LogP contribution is -2.29. The van der Waals surface area contributed by atoms with Gasteiger partial charge in [0.25, 0.3) is 17.7 Å². The monoisotopic (exact) mass is 425 g/mol. The molecule has 0 saturated carbocycles. The molecule has 0 bridgehead atoms. The molecule has 2 aliphatic rings. The Balaban J connectivity index is 1.31. The van der Waals surface area contributed by atoms with Crippen LogP contribution in [0.1, 0.15) is 47.8 Å². The number of anilines is 1. The molecule has 0 unspecified atom stereocenters. The normalized spacial score (nSPS) is 15.5. The van der Waals surface area contributed by atoms with Gasteiger partial charge in [0.1, 0.15) is 0 Å². The lowest BCUT2D eigenvalue weighted by Gasteiger charge is -2.25. The molecular weight excluding hydrogens is 402 g/mol. The molecule has 0 saturated heterocycles. The standard InChI is InChI=1S/C26H23N3O3/c1-28-12-11-18-9-10-21(14-20(18)16-28)27-24(30)19-6-4-5-17(13-19)15-29-25(31)22-7-2-3-8-23(22)26(29)32/h2-10,13-14H,11-12,15-16H2,1H3,(H,27,30). The lowest BCUT2D eigenvalue weighted by molar-refractivity contribution is 0.0642. The van der Waals surface area contributed by atoms with Crippen LogP contribution in [-0.4, -0.2) is 41.1 Å². The number of amides is 3. The molecule has 0 atom stereocenters. The molecule has 0 radical (unpaired) electrons. The van der Waals surface area contributed by atoms with E-state index in [1.807, 2.05) is 18.2 Å². The van der Waals surface area contributed by atoms with Gasteiger partial charge in [-0.25, -0.2) is 0 Å². The summed E-state index contributed by atoms with van der Waals surface area (Å²) in [4.78, 5) is 41.6. The Kier molecular flexibility index (Phi) is 5.07. The number of nitrogens with zero attached hydrogens (tertiary/aromatic N) is 2. The predicted octanol–water partition coefficient (Wildman–Crippen LogP) is 3.72. The fraction of sp³-hybridized carbons (Fsp3) is 0.192. The van der Waals surface area contributed by atoms with Crippen LogP contribution >= 0.6 is 0 Å². The van der Waals surface area contributed by atoms with Crippen molar-refractivity contribution in [3.05, 3.63) is 100 Å². The van der Waals surface area contributed by atoms with Crippen LogP contribution in [0.25, 0.3) is 0 Å². The van der Waals surface area contributed by atoms with Crippen LogP contribution in [0.4, 0.5) is 5.69 Å². The smallest absolute Gasteiger partial charge is 0.261 e. The zero-order valence-corrected chi connectivity index (χ0v) is 17.8. The quantitative estimate of drug-likeness (QED) is 0.647. The Bertz CT molecular complexity index is 1220. The van der Waals surface area contributed by atoms with E-state index in [9.17, 15) is 14.4 Å². The van der Waals surface area contributed by atoms with Gasteiger partial charge < -0.3 is 10.2 Å². The number of benzene rings is 3. The first-order chi connectivity index (χ1) is 15.5. The highest BCUT2D eigenvalue weighted by Crippen LogP contribution is 2.25. The van der Waals surface area contributed by atoms with Crippen molar-refractivity contribution in [3.8, 4) is 0 Å². The summed E-state index contributed by atoms with van der Waals surface area (Å²) in [7, 11) is 2.09. The minimum absolute atomic E-state index is 0.124. The van der Waals surface area contributed by atoms with Crippen LogP contribution in [-0.2, 0) is 19.5 Å². The van der Waals surface area contributed by atoms with E-state index in [0.29, 0.717) is 16.7 Å². The van der Waals surface area contributed by atoms with Crippen molar-refractivity contribution in [1.29, 1.82) is 0 Å². The van der Waals surface area contributed by atoms with E-state index in [0.717, 1.165) is 30.8 Å². The molecule has 0 aromatic heterocycles. The molecule has 32 heavy (non-hydrogen) atoms. The number of hydrogen-bond acceptors (Lipinski definition) is 4. The van der Waals surface area contributed by atoms with E-state index in [1.54, 1.807) is 42.5 Å². The van der Waals surface area contributed by atoms with Gasteiger partial charge in [-0.1, -0.05) is 30.3 Å². The topological polar surface area (TPSA) is 69.7 Å². The molecule has 3 aromatic carbocycles. The highest BCUT2D eigenvalue weighted by atomic mass is 16.2. The number of likely N-dealkylation sites (N-methyl/N-ethyl adjacent to an activating group) is 1. The highest BCUT2D eigenvalue weighted by Gasteiger charge is 2.35. The molecule has 0 fully saturated rings. The Morgan fingerprint density at radius 2 is 1.66 bits per heavy atom. The Labute approximate surface area is 186 Å². The van der Waals surface area contributed by atoms with Gasteiger partial charge in [-0.15, -0.1) is 0 Å². The van der Waals surface area contributed by atoms with E-state index in [2.05, 4.69) is 23.3 Å². The van der Waals surface area contributed by atoms with Crippen molar-refractivity contribution in [2.45, 2.75) is 19.5 Å². The first-order valence-corrected chi connectivity index (χ1v) is 10.7. The first kappa shape index (κ1) is 20.2. The molecule has 6 nitrogen and oxygen atoms in total. The number of rotatable bonds is 4. The zero-order chi connectivity index (χ0) is 22.2. The van der Waals surface area contributed by atoms with Crippen molar-refractivity contribution < 1.29 is 14.4 Å². The van der Waals surface area contributed by atoms with Crippen molar-refractivity contribution in [2.75, 3.05) is 18.9 Å². The molecule has 0 aliphatic carbocycles. The van der Waals surface area contributed by atoms with Gasteiger partial charge in [-0.3, -0.25) is 19.3 Å².